The monoisotopic (exact) mass is 258 g/mol. The Hall–Kier alpha value is -1.66. The molecule has 0 amide bonds. The van der Waals surface area contributed by atoms with E-state index in [1.54, 1.807) is 0 Å². The maximum Gasteiger partial charge on any atom is 0.314 e. The van der Waals surface area contributed by atoms with E-state index in [0.29, 0.717) is 0 Å². The van der Waals surface area contributed by atoms with Crippen molar-refractivity contribution >= 4 is 22.6 Å². The van der Waals surface area contributed by atoms with Crippen LogP contribution in [0.3, 0.4) is 0 Å². The van der Waals surface area contributed by atoms with Gasteiger partial charge in [0.25, 0.3) is 0 Å². The van der Waals surface area contributed by atoms with E-state index >= 15 is 0 Å². The lowest BCUT2D eigenvalue weighted by Crippen LogP contribution is -2.29. The molecule has 0 saturated carbocycles. The van der Waals surface area contributed by atoms with Crippen LogP contribution in [-0.4, -0.2) is 15.1 Å². The highest BCUT2D eigenvalue weighted by molar-refractivity contribution is 6.31. The van der Waals surface area contributed by atoms with Crippen molar-refractivity contribution in [3.8, 4) is 0 Å². The van der Waals surface area contributed by atoms with Crippen molar-refractivity contribution in [2.24, 2.45) is 0 Å². The second-order valence-corrected chi connectivity index (χ2v) is 4.00. The molecule has 0 radical (unpaired) electrons. The molecule has 0 aliphatic rings. The molecule has 2 rings (SSSR count). The quantitative estimate of drug-likeness (QED) is 0.669. The van der Waals surface area contributed by atoms with Crippen LogP contribution in [0.4, 0.5) is 4.39 Å². The number of H-pyrrole nitrogens is 2. The minimum Gasteiger partial charge on any atom is -0.389 e. The standard InChI is InChI=1S/C10H8ClFN2O3/c1-3(15)6-7(12)4(11)2-5-8(6)14-10(17)9(16)13-5/h2-3,15H,1H3,(H,13,16)(H,14,17). The third-order valence-corrected chi connectivity index (χ3v) is 2.64. The van der Waals surface area contributed by atoms with E-state index in [4.69, 9.17) is 11.6 Å². The molecule has 1 aromatic carbocycles. The van der Waals surface area contributed by atoms with Crippen LogP contribution in [0.25, 0.3) is 11.0 Å². The lowest BCUT2D eigenvalue weighted by molar-refractivity contribution is 0.195. The van der Waals surface area contributed by atoms with Crippen LogP contribution in [0.2, 0.25) is 5.02 Å². The topological polar surface area (TPSA) is 85.9 Å². The van der Waals surface area contributed by atoms with E-state index in [9.17, 15) is 19.1 Å². The van der Waals surface area contributed by atoms with Crippen LogP contribution in [0.5, 0.6) is 0 Å². The summed E-state index contributed by atoms with van der Waals surface area (Å²) in [7, 11) is 0. The molecular formula is C10H8ClFN2O3. The molecule has 90 valence electrons. The van der Waals surface area contributed by atoms with Gasteiger partial charge < -0.3 is 15.1 Å². The fourth-order valence-corrected chi connectivity index (χ4v) is 1.83. The molecule has 0 aliphatic heterocycles. The van der Waals surface area contributed by atoms with Crippen molar-refractivity contribution in [1.82, 2.24) is 9.97 Å². The molecule has 1 atom stereocenters. The van der Waals surface area contributed by atoms with E-state index in [1.165, 1.54) is 13.0 Å². The average Bonchev–Trinajstić information content (AvgIpc) is 2.23. The van der Waals surface area contributed by atoms with Gasteiger partial charge in [-0.3, -0.25) is 9.59 Å². The lowest BCUT2D eigenvalue weighted by Gasteiger charge is -2.11. The Morgan fingerprint density at radius 1 is 1.35 bits per heavy atom. The van der Waals surface area contributed by atoms with Crippen LogP contribution in [0.15, 0.2) is 15.7 Å². The number of benzene rings is 1. The van der Waals surface area contributed by atoms with Crippen LogP contribution in [0.1, 0.15) is 18.6 Å². The summed E-state index contributed by atoms with van der Waals surface area (Å²) < 4.78 is 13.7. The van der Waals surface area contributed by atoms with Crippen molar-refractivity contribution in [1.29, 1.82) is 0 Å². The lowest BCUT2D eigenvalue weighted by atomic mass is 10.1. The summed E-state index contributed by atoms with van der Waals surface area (Å²) in [5, 5.41) is 9.23. The summed E-state index contributed by atoms with van der Waals surface area (Å²) in [6.07, 6.45) is -1.17. The van der Waals surface area contributed by atoms with Gasteiger partial charge in [0.2, 0.25) is 0 Å². The van der Waals surface area contributed by atoms with E-state index < -0.39 is 23.0 Å². The third kappa shape index (κ3) is 1.85. The Balaban J connectivity index is 3.03. The van der Waals surface area contributed by atoms with Gasteiger partial charge in [-0.15, -0.1) is 0 Å². The number of hydrogen-bond acceptors (Lipinski definition) is 3. The van der Waals surface area contributed by atoms with E-state index in [2.05, 4.69) is 9.97 Å². The fraction of sp³-hybridized carbons (Fsp3) is 0.200. The highest BCUT2D eigenvalue weighted by atomic mass is 35.5. The summed E-state index contributed by atoms with van der Waals surface area (Å²) >= 11 is 5.63. The Kier molecular flexibility index (Phi) is 2.76. The second kappa shape index (κ2) is 3.97. The smallest absolute Gasteiger partial charge is 0.314 e. The molecule has 0 saturated heterocycles. The Labute approximate surface area is 98.9 Å². The molecule has 1 aromatic heterocycles. The molecule has 5 nitrogen and oxygen atoms in total. The van der Waals surface area contributed by atoms with Gasteiger partial charge in [-0.2, -0.15) is 0 Å². The zero-order valence-corrected chi connectivity index (χ0v) is 9.43. The number of hydrogen-bond donors (Lipinski definition) is 3. The maximum atomic E-state index is 13.7. The van der Waals surface area contributed by atoms with Gasteiger partial charge in [0.15, 0.2) is 0 Å². The van der Waals surface area contributed by atoms with Crippen molar-refractivity contribution < 1.29 is 9.50 Å². The number of aliphatic hydroxyl groups is 1. The molecule has 2 aromatic rings. The minimum absolute atomic E-state index is 0.0338. The zero-order chi connectivity index (χ0) is 12.7. The maximum absolute atomic E-state index is 13.7. The van der Waals surface area contributed by atoms with Gasteiger partial charge >= 0.3 is 11.1 Å². The number of aromatic amines is 2. The zero-order valence-electron chi connectivity index (χ0n) is 8.67. The molecule has 1 heterocycles. The molecule has 0 spiro atoms. The van der Waals surface area contributed by atoms with Crippen LogP contribution >= 0.6 is 11.6 Å². The van der Waals surface area contributed by atoms with Crippen molar-refractivity contribution in [3.63, 3.8) is 0 Å². The number of nitrogens with one attached hydrogen (secondary N) is 2. The molecule has 3 N–H and O–H groups in total. The summed E-state index contributed by atoms with van der Waals surface area (Å²) in [5.41, 5.74) is -1.73. The number of fused-ring (bicyclic) bond motifs is 1. The first-order chi connectivity index (χ1) is 7.91. The highest BCUT2D eigenvalue weighted by Crippen LogP contribution is 2.29. The Morgan fingerprint density at radius 3 is 2.53 bits per heavy atom. The highest BCUT2D eigenvalue weighted by Gasteiger charge is 2.18. The molecule has 0 bridgehead atoms. The molecule has 17 heavy (non-hydrogen) atoms. The minimum atomic E-state index is -1.17. The fourth-order valence-electron chi connectivity index (χ4n) is 1.62. The molecule has 0 aliphatic carbocycles. The Bertz CT molecular complexity index is 705. The number of aliphatic hydroxyl groups excluding tert-OH is 1. The molecule has 1 unspecified atom stereocenters. The number of halogens is 2. The van der Waals surface area contributed by atoms with Gasteiger partial charge in [0, 0.05) is 5.56 Å². The summed E-state index contributed by atoms with van der Waals surface area (Å²) in [6.45, 7) is 1.33. The van der Waals surface area contributed by atoms with Gasteiger partial charge in [-0.1, -0.05) is 11.6 Å². The van der Waals surface area contributed by atoms with Gasteiger partial charge in [-0.25, -0.2) is 4.39 Å². The third-order valence-electron chi connectivity index (χ3n) is 2.37. The van der Waals surface area contributed by atoms with Gasteiger partial charge in [0.05, 0.1) is 22.2 Å². The second-order valence-electron chi connectivity index (χ2n) is 3.59. The summed E-state index contributed by atoms with van der Waals surface area (Å²) in [6, 6.07) is 1.18. The van der Waals surface area contributed by atoms with Crippen molar-refractivity contribution in [3.05, 3.63) is 43.2 Å². The normalized spacial score (nSPS) is 12.9. The summed E-state index contributed by atoms with van der Waals surface area (Å²) in [5.74, 6) is -0.822. The average molecular weight is 259 g/mol. The Morgan fingerprint density at radius 2 is 1.94 bits per heavy atom. The molecule has 7 heteroatoms. The first kappa shape index (κ1) is 11.8. The van der Waals surface area contributed by atoms with E-state index in [0.717, 1.165) is 0 Å². The summed E-state index contributed by atoms with van der Waals surface area (Å²) in [4.78, 5) is 26.8. The van der Waals surface area contributed by atoms with E-state index in [-0.39, 0.29) is 21.6 Å². The predicted molar refractivity (Wildman–Crippen MR) is 60.8 cm³/mol. The van der Waals surface area contributed by atoms with Gasteiger partial charge in [-0.05, 0) is 13.0 Å². The SMILES string of the molecule is CC(O)c1c(F)c(Cl)cc2[nH]c(=O)c(=O)[nH]c12. The first-order valence-corrected chi connectivity index (χ1v) is 5.12. The van der Waals surface area contributed by atoms with Crippen LogP contribution < -0.4 is 11.1 Å². The van der Waals surface area contributed by atoms with Crippen molar-refractivity contribution in [2.45, 2.75) is 13.0 Å². The predicted octanol–water partition coefficient (Wildman–Crippen LogP) is 1.06. The van der Waals surface area contributed by atoms with Gasteiger partial charge in [0.1, 0.15) is 5.82 Å². The molecular weight excluding hydrogens is 251 g/mol. The number of aromatic nitrogens is 2. The largest absolute Gasteiger partial charge is 0.389 e. The first-order valence-electron chi connectivity index (χ1n) is 4.74. The van der Waals surface area contributed by atoms with Crippen LogP contribution in [-0.2, 0) is 0 Å². The van der Waals surface area contributed by atoms with Crippen molar-refractivity contribution in [2.75, 3.05) is 0 Å². The number of rotatable bonds is 1. The molecule has 0 fully saturated rings. The van der Waals surface area contributed by atoms with Crippen LogP contribution in [0, 0.1) is 5.82 Å². The van der Waals surface area contributed by atoms with E-state index in [1.807, 2.05) is 0 Å².